The van der Waals surface area contributed by atoms with Gasteiger partial charge in [0.05, 0.1) is 12.5 Å². The van der Waals surface area contributed by atoms with Crippen molar-refractivity contribution in [2.45, 2.75) is 51.5 Å². The Bertz CT molecular complexity index is 242. The molecule has 16 heavy (non-hydrogen) atoms. The van der Waals surface area contributed by atoms with Gasteiger partial charge in [-0.2, -0.15) is 0 Å². The first-order valence-corrected chi connectivity index (χ1v) is 6.72. The van der Waals surface area contributed by atoms with E-state index in [1.807, 2.05) is 0 Å². The Balaban J connectivity index is 1.75. The first-order chi connectivity index (χ1) is 7.81. The average Bonchev–Trinajstić information content (AvgIpc) is 2.76. The molecule has 0 saturated carbocycles. The standard InChI is InChI=1S/C13H23NO2/c1-2-3-9-16-13(15)11-6-8-14-7-4-5-12(14)10-11/h11-12H,2-10H2,1H3. The Kier molecular flexibility index (Phi) is 4.22. The fourth-order valence-electron chi connectivity index (χ4n) is 2.87. The molecule has 0 bridgehead atoms. The van der Waals surface area contributed by atoms with Gasteiger partial charge in [0.25, 0.3) is 0 Å². The zero-order valence-electron chi connectivity index (χ0n) is 10.3. The number of hydrogen-bond donors (Lipinski definition) is 0. The summed E-state index contributed by atoms with van der Waals surface area (Å²) in [5, 5.41) is 0. The SMILES string of the molecule is CCCCOC(=O)C1CCN2CCCC2C1. The van der Waals surface area contributed by atoms with Crippen LogP contribution in [0.3, 0.4) is 0 Å². The lowest BCUT2D eigenvalue weighted by molar-refractivity contribution is -0.150. The summed E-state index contributed by atoms with van der Waals surface area (Å²) < 4.78 is 5.31. The van der Waals surface area contributed by atoms with Crippen LogP contribution in [0.5, 0.6) is 0 Å². The maximum absolute atomic E-state index is 11.8. The molecule has 2 unspecified atom stereocenters. The van der Waals surface area contributed by atoms with E-state index >= 15 is 0 Å². The zero-order valence-corrected chi connectivity index (χ0v) is 10.3. The number of carbonyl (C=O) groups excluding carboxylic acids is 1. The molecule has 0 aromatic rings. The minimum Gasteiger partial charge on any atom is -0.465 e. The van der Waals surface area contributed by atoms with Gasteiger partial charge in [-0.25, -0.2) is 0 Å². The summed E-state index contributed by atoms with van der Waals surface area (Å²) in [4.78, 5) is 14.4. The molecule has 0 N–H and O–H groups in total. The van der Waals surface area contributed by atoms with Gasteiger partial charge in [0, 0.05) is 6.04 Å². The third-order valence-electron chi connectivity index (χ3n) is 3.90. The van der Waals surface area contributed by atoms with Crippen molar-refractivity contribution in [1.82, 2.24) is 4.90 Å². The van der Waals surface area contributed by atoms with E-state index in [1.54, 1.807) is 0 Å². The van der Waals surface area contributed by atoms with E-state index in [9.17, 15) is 4.79 Å². The van der Waals surface area contributed by atoms with Crippen LogP contribution in [-0.4, -0.2) is 36.6 Å². The minimum absolute atomic E-state index is 0.0556. The highest BCUT2D eigenvalue weighted by atomic mass is 16.5. The molecule has 2 fully saturated rings. The minimum atomic E-state index is 0.0556. The molecule has 2 aliphatic rings. The fraction of sp³-hybridized carbons (Fsp3) is 0.923. The lowest BCUT2D eigenvalue weighted by atomic mass is 9.91. The monoisotopic (exact) mass is 225 g/mol. The number of nitrogens with zero attached hydrogens (tertiary/aromatic N) is 1. The maximum atomic E-state index is 11.8. The van der Waals surface area contributed by atoms with Crippen LogP contribution in [0.2, 0.25) is 0 Å². The lowest BCUT2D eigenvalue weighted by Crippen LogP contribution is -2.40. The Morgan fingerprint density at radius 2 is 2.25 bits per heavy atom. The quantitative estimate of drug-likeness (QED) is 0.542. The number of hydrogen-bond acceptors (Lipinski definition) is 3. The molecule has 2 aliphatic heterocycles. The molecule has 0 aromatic carbocycles. The molecule has 3 heteroatoms. The van der Waals surface area contributed by atoms with Crippen LogP contribution in [0.25, 0.3) is 0 Å². The molecular formula is C13H23NO2. The van der Waals surface area contributed by atoms with Gasteiger partial charge < -0.3 is 9.64 Å². The third-order valence-corrected chi connectivity index (χ3v) is 3.90. The number of esters is 1. The summed E-state index contributed by atoms with van der Waals surface area (Å²) in [5.41, 5.74) is 0. The van der Waals surface area contributed by atoms with Gasteiger partial charge in [-0.15, -0.1) is 0 Å². The van der Waals surface area contributed by atoms with Gasteiger partial charge in [-0.1, -0.05) is 13.3 Å². The van der Waals surface area contributed by atoms with Gasteiger partial charge in [0.15, 0.2) is 0 Å². The zero-order chi connectivity index (χ0) is 11.4. The molecule has 0 radical (unpaired) electrons. The molecule has 0 spiro atoms. The van der Waals surface area contributed by atoms with E-state index in [-0.39, 0.29) is 11.9 Å². The first kappa shape index (κ1) is 11.9. The predicted molar refractivity (Wildman–Crippen MR) is 63.2 cm³/mol. The second-order valence-electron chi connectivity index (χ2n) is 5.07. The summed E-state index contributed by atoms with van der Waals surface area (Å²) in [6, 6.07) is 0.664. The molecule has 2 heterocycles. The number of carbonyl (C=O) groups is 1. The topological polar surface area (TPSA) is 29.5 Å². The first-order valence-electron chi connectivity index (χ1n) is 6.72. The Hall–Kier alpha value is -0.570. The number of piperidine rings is 1. The van der Waals surface area contributed by atoms with Crippen molar-refractivity contribution in [1.29, 1.82) is 0 Å². The second kappa shape index (κ2) is 5.67. The molecule has 2 saturated heterocycles. The largest absolute Gasteiger partial charge is 0.465 e. The van der Waals surface area contributed by atoms with E-state index in [1.165, 1.54) is 19.4 Å². The van der Waals surface area contributed by atoms with Crippen molar-refractivity contribution in [2.75, 3.05) is 19.7 Å². The van der Waals surface area contributed by atoms with Crippen molar-refractivity contribution in [3.8, 4) is 0 Å². The van der Waals surface area contributed by atoms with E-state index in [4.69, 9.17) is 4.74 Å². The van der Waals surface area contributed by atoms with Gasteiger partial charge in [-0.3, -0.25) is 4.79 Å². The number of rotatable bonds is 4. The van der Waals surface area contributed by atoms with Crippen LogP contribution in [-0.2, 0) is 9.53 Å². The van der Waals surface area contributed by atoms with Gasteiger partial charge in [-0.05, 0) is 45.2 Å². The highest BCUT2D eigenvalue weighted by Crippen LogP contribution is 2.30. The molecule has 0 amide bonds. The summed E-state index contributed by atoms with van der Waals surface area (Å²) in [6.07, 6.45) is 6.70. The van der Waals surface area contributed by atoms with Crippen molar-refractivity contribution < 1.29 is 9.53 Å². The van der Waals surface area contributed by atoms with Gasteiger partial charge in [0.2, 0.25) is 0 Å². The van der Waals surface area contributed by atoms with E-state index in [0.717, 1.165) is 32.2 Å². The smallest absolute Gasteiger partial charge is 0.309 e. The third kappa shape index (κ3) is 2.76. The molecule has 0 aliphatic carbocycles. The number of unbranched alkanes of at least 4 members (excludes halogenated alkanes) is 1. The van der Waals surface area contributed by atoms with Crippen LogP contribution >= 0.6 is 0 Å². The second-order valence-corrected chi connectivity index (χ2v) is 5.07. The molecule has 2 rings (SSSR count). The van der Waals surface area contributed by atoms with Crippen molar-refractivity contribution in [2.24, 2.45) is 5.92 Å². The van der Waals surface area contributed by atoms with E-state index in [0.29, 0.717) is 12.6 Å². The normalized spacial score (nSPS) is 30.1. The van der Waals surface area contributed by atoms with Crippen molar-refractivity contribution in [3.05, 3.63) is 0 Å². The van der Waals surface area contributed by atoms with Gasteiger partial charge in [0.1, 0.15) is 0 Å². The summed E-state index contributed by atoms with van der Waals surface area (Å²) in [7, 11) is 0. The number of ether oxygens (including phenoxy) is 1. The Morgan fingerprint density at radius 3 is 3.06 bits per heavy atom. The van der Waals surface area contributed by atoms with Crippen LogP contribution in [0.15, 0.2) is 0 Å². The van der Waals surface area contributed by atoms with Crippen LogP contribution in [0.1, 0.15) is 45.4 Å². The summed E-state index contributed by atoms with van der Waals surface area (Å²) >= 11 is 0. The van der Waals surface area contributed by atoms with Crippen molar-refractivity contribution in [3.63, 3.8) is 0 Å². The Morgan fingerprint density at radius 1 is 1.38 bits per heavy atom. The molecule has 2 atom stereocenters. The van der Waals surface area contributed by atoms with Crippen LogP contribution in [0.4, 0.5) is 0 Å². The lowest BCUT2D eigenvalue weighted by Gasteiger charge is -2.33. The fourth-order valence-corrected chi connectivity index (χ4v) is 2.87. The van der Waals surface area contributed by atoms with Crippen LogP contribution < -0.4 is 0 Å². The highest BCUT2D eigenvalue weighted by molar-refractivity contribution is 5.72. The van der Waals surface area contributed by atoms with Gasteiger partial charge >= 0.3 is 5.97 Å². The molecule has 92 valence electrons. The van der Waals surface area contributed by atoms with E-state index in [2.05, 4.69) is 11.8 Å². The summed E-state index contributed by atoms with van der Waals surface area (Å²) in [5.74, 6) is 0.233. The van der Waals surface area contributed by atoms with E-state index < -0.39 is 0 Å². The highest BCUT2D eigenvalue weighted by Gasteiger charge is 2.35. The number of fused-ring (bicyclic) bond motifs is 1. The maximum Gasteiger partial charge on any atom is 0.309 e. The van der Waals surface area contributed by atoms with Crippen molar-refractivity contribution >= 4 is 5.97 Å². The van der Waals surface area contributed by atoms with Crippen LogP contribution in [0, 0.1) is 5.92 Å². The summed E-state index contributed by atoms with van der Waals surface area (Å²) in [6.45, 7) is 5.06. The molecule has 3 nitrogen and oxygen atoms in total. The predicted octanol–water partition coefficient (Wildman–Crippen LogP) is 2.20. The molecular weight excluding hydrogens is 202 g/mol. The molecule has 0 aromatic heterocycles. The Labute approximate surface area is 98.1 Å². The average molecular weight is 225 g/mol.